The van der Waals surface area contributed by atoms with Gasteiger partial charge in [-0.2, -0.15) is 14.6 Å². The summed E-state index contributed by atoms with van der Waals surface area (Å²) >= 11 is 0. The third-order valence-electron chi connectivity index (χ3n) is 3.54. The largest absolute Gasteiger partial charge is 0.366 e. The first kappa shape index (κ1) is 13.4. The average molecular weight is 302 g/mol. The van der Waals surface area contributed by atoms with E-state index in [9.17, 15) is 0 Å². The van der Waals surface area contributed by atoms with E-state index in [4.69, 9.17) is 0 Å². The van der Waals surface area contributed by atoms with Gasteiger partial charge in [-0.15, -0.1) is 0 Å². The lowest BCUT2D eigenvalue weighted by Gasteiger charge is -2.10. The van der Waals surface area contributed by atoms with Gasteiger partial charge in [0.05, 0.1) is 5.69 Å². The molecule has 4 rings (SSSR count). The van der Waals surface area contributed by atoms with Crippen molar-refractivity contribution < 1.29 is 0 Å². The lowest BCUT2D eigenvalue weighted by atomic mass is 10.1. The van der Waals surface area contributed by atoms with Crippen molar-refractivity contribution in [3.63, 3.8) is 0 Å². The Balaban J connectivity index is 1.71. The topological polar surface area (TPSA) is 68.0 Å². The van der Waals surface area contributed by atoms with Crippen LogP contribution in [0.1, 0.15) is 5.56 Å². The molecule has 6 heteroatoms. The summed E-state index contributed by atoms with van der Waals surface area (Å²) in [5, 5.41) is 7.63. The van der Waals surface area contributed by atoms with E-state index < -0.39 is 0 Å². The first-order valence-electron chi connectivity index (χ1n) is 7.29. The van der Waals surface area contributed by atoms with Gasteiger partial charge in [0.15, 0.2) is 0 Å². The molecule has 112 valence electrons. The van der Waals surface area contributed by atoms with Crippen LogP contribution in [-0.2, 0) is 6.54 Å². The number of benzene rings is 1. The van der Waals surface area contributed by atoms with Crippen LogP contribution in [0.15, 0.2) is 67.3 Å². The summed E-state index contributed by atoms with van der Waals surface area (Å²) in [5.41, 5.74) is 3.06. The number of nitrogens with one attached hydrogen (secondary N) is 1. The number of anilines is 1. The molecule has 0 unspecified atom stereocenters. The average Bonchev–Trinajstić information content (AvgIpc) is 3.10. The zero-order chi connectivity index (χ0) is 15.5. The van der Waals surface area contributed by atoms with Crippen LogP contribution >= 0.6 is 0 Å². The third-order valence-corrected chi connectivity index (χ3v) is 3.54. The Morgan fingerprint density at radius 1 is 1.00 bits per heavy atom. The van der Waals surface area contributed by atoms with Gasteiger partial charge >= 0.3 is 0 Å². The van der Waals surface area contributed by atoms with Crippen molar-refractivity contribution >= 4 is 11.6 Å². The third kappa shape index (κ3) is 2.74. The molecule has 6 nitrogen and oxygen atoms in total. The standard InChI is InChI=1S/C17H14N6/c1-2-4-14(5-3-1)15-10-16(23-17(22-15)20-12-21-23)19-11-13-6-8-18-9-7-13/h1-10,12,19H,11H2. The molecule has 0 spiro atoms. The molecule has 23 heavy (non-hydrogen) atoms. The SMILES string of the molecule is c1ccc(-c2cc(NCc3ccncc3)n3ncnc3n2)cc1. The maximum atomic E-state index is 4.56. The lowest BCUT2D eigenvalue weighted by Crippen LogP contribution is -2.07. The van der Waals surface area contributed by atoms with E-state index in [2.05, 4.69) is 25.4 Å². The predicted molar refractivity (Wildman–Crippen MR) is 87.8 cm³/mol. The fourth-order valence-electron chi connectivity index (χ4n) is 2.39. The van der Waals surface area contributed by atoms with Gasteiger partial charge in [0.25, 0.3) is 5.78 Å². The maximum Gasteiger partial charge on any atom is 0.254 e. The van der Waals surface area contributed by atoms with Crippen LogP contribution in [0.25, 0.3) is 17.0 Å². The Hall–Kier alpha value is -3.28. The van der Waals surface area contributed by atoms with Crippen molar-refractivity contribution in [2.75, 3.05) is 5.32 Å². The second-order valence-electron chi connectivity index (χ2n) is 5.07. The van der Waals surface area contributed by atoms with Crippen molar-refractivity contribution in [3.8, 4) is 11.3 Å². The molecule has 4 aromatic rings. The van der Waals surface area contributed by atoms with Crippen molar-refractivity contribution in [2.24, 2.45) is 0 Å². The van der Waals surface area contributed by atoms with E-state index >= 15 is 0 Å². The molecule has 3 aromatic heterocycles. The molecule has 0 amide bonds. The molecule has 0 aliphatic rings. The highest BCUT2D eigenvalue weighted by atomic mass is 15.3. The number of hydrogen-bond donors (Lipinski definition) is 1. The Morgan fingerprint density at radius 3 is 2.65 bits per heavy atom. The number of rotatable bonds is 4. The van der Waals surface area contributed by atoms with Crippen LogP contribution in [0.2, 0.25) is 0 Å². The maximum absolute atomic E-state index is 4.56. The molecular formula is C17H14N6. The quantitative estimate of drug-likeness (QED) is 0.628. The zero-order valence-electron chi connectivity index (χ0n) is 12.3. The monoisotopic (exact) mass is 302 g/mol. The summed E-state index contributed by atoms with van der Waals surface area (Å²) in [5.74, 6) is 1.42. The Morgan fingerprint density at radius 2 is 1.83 bits per heavy atom. The number of pyridine rings is 1. The molecular weight excluding hydrogens is 288 g/mol. The predicted octanol–water partition coefficient (Wildman–Crippen LogP) is 2.80. The molecule has 1 N–H and O–H groups in total. The Bertz CT molecular complexity index is 918. The second-order valence-corrected chi connectivity index (χ2v) is 5.07. The summed E-state index contributed by atoms with van der Waals surface area (Å²) in [4.78, 5) is 12.8. The van der Waals surface area contributed by atoms with Gasteiger partial charge in [0.1, 0.15) is 12.1 Å². The molecule has 0 atom stereocenters. The summed E-state index contributed by atoms with van der Waals surface area (Å²) in [6, 6.07) is 16.0. The molecule has 0 saturated heterocycles. The van der Waals surface area contributed by atoms with E-state index in [0.717, 1.165) is 22.6 Å². The first-order valence-corrected chi connectivity index (χ1v) is 7.29. The highest BCUT2D eigenvalue weighted by Crippen LogP contribution is 2.21. The van der Waals surface area contributed by atoms with E-state index in [0.29, 0.717) is 12.3 Å². The summed E-state index contributed by atoms with van der Waals surface area (Å²) in [6.07, 6.45) is 5.07. The minimum Gasteiger partial charge on any atom is -0.366 e. The van der Waals surface area contributed by atoms with E-state index in [1.54, 1.807) is 16.9 Å². The van der Waals surface area contributed by atoms with Crippen LogP contribution in [0, 0.1) is 0 Å². The zero-order valence-corrected chi connectivity index (χ0v) is 12.3. The van der Waals surface area contributed by atoms with Crippen molar-refractivity contribution in [1.29, 1.82) is 0 Å². The highest BCUT2D eigenvalue weighted by Gasteiger charge is 2.08. The second kappa shape index (κ2) is 5.84. The number of hydrogen-bond acceptors (Lipinski definition) is 5. The minimum atomic E-state index is 0.573. The normalized spacial score (nSPS) is 10.8. The summed E-state index contributed by atoms with van der Waals surface area (Å²) < 4.78 is 1.70. The lowest BCUT2D eigenvalue weighted by molar-refractivity contribution is 0.926. The number of aromatic nitrogens is 5. The highest BCUT2D eigenvalue weighted by molar-refractivity contribution is 5.65. The van der Waals surface area contributed by atoms with Gasteiger partial charge in [0.2, 0.25) is 0 Å². The van der Waals surface area contributed by atoms with Gasteiger partial charge in [0, 0.05) is 30.6 Å². The van der Waals surface area contributed by atoms with Gasteiger partial charge in [-0.1, -0.05) is 30.3 Å². The molecule has 3 heterocycles. The van der Waals surface area contributed by atoms with Crippen LogP contribution in [0.5, 0.6) is 0 Å². The molecule has 0 bridgehead atoms. The summed E-state index contributed by atoms with van der Waals surface area (Å²) in [6.45, 7) is 0.676. The van der Waals surface area contributed by atoms with Crippen LogP contribution in [0.3, 0.4) is 0 Å². The summed E-state index contributed by atoms with van der Waals surface area (Å²) in [7, 11) is 0. The van der Waals surface area contributed by atoms with Gasteiger partial charge in [-0.05, 0) is 17.7 Å². The van der Waals surface area contributed by atoms with E-state index in [1.807, 2.05) is 48.5 Å². The number of fused-ring (bicyclic) bond motifs is 1. The van der Waals surface area contributed by atoms with Crippen molar-refractivity contribution in [2.45, 2.75) is 6.54 Å². The first-order chi connectivity index (χ1) is 11.4. The van der Waals surface area contributed by atoms with E-state index in [-0.39, 0.29) is 0 Å². The van der Waals surface area contributed by atoms with Gasteiger partial charge < -0.3 is 5.32 Å². The smallest absolute Gasteiger partial charge is 0.254 e. The van der Waals surface area contributed by atoms with Gasteiger partial charge in [-0.3, -0.25) is 4.98 Å². The molecule has 0 fully saturated rings. The van der Waals surface area contributed by atoms with E-state index in [1.165, 1.54) is 6.33 Å². The van der Waals surface area contributed by atoms with Crippen LogP contribution in [0.4, 0.5) is 5.82 Å². The van der Waals surface area contributed by atoms with Crippen molar-refractivity contribution in [1.82, 2.24) is 24.6 Å². The fraction of sp³-hybridized carbons (Fsp3) is 0.0588. The Labute approximate surface area is 132 Å². The molecule has 0 radical (unpaired) electrons. The van der Waals surface area contributed by atoms with Gasteiger partial charge in [-0.25, -0.2) is 4.98 Å². The minimum absolute atomic E-state index is 0.573. The molecule has 1 aromatic carbocycles. The fourth-order valence-corrected chi connectivity index (χ4v) is 2.39. The van der Waals surface area contributed by atoms with Crippen LogP contribution < -0.4 is 5.32 Å². The molecule has 0 aliphatic carbocycles. The molecule has 0 saturated carbocycles. The number of nitrogens with zero attached hydrogens (tertiary/aromatic N) is 5. The Kier molecular flexibility index (Phi) is 3.40. The molecule has 0 aliphatic heterocycles. The van der Waals surface area contributed by atoms with Crippen molar-refractivity contribution in [3.05, 3.63) is 72.8 Å². The van der Waals surface area contributed by atoms with Crippen LogP contribution in [-0.4, -0.2) is 24.6 Å².